The predicted molar refractivity (Wildman–Crippen MR) is 80.0 cm³/mol. The topological polar surface area (TPSA) is 88.4 Å². The highest BCUT2D eigenvalue weighted by Crippen LogP contribution is 2.09. The van der Waals surface area contributed by atoms with Crippen molar-refractivity contribution in [2.45, 2.75) is 45.9 Å². The van der Waals surface area contributed by atoms with Crippen LogP contribution in [0.15, 0.2) is 24.3 Å². The van der Waals surface area contributed by atoms with Gasteiger partial charge < -0.3 is 14.8 Å². The van der Waals surface area contributed by atoms with Crippen molar-refractivity contribution in [3.05, 3.63) is 35.4 Å². The van der Waals surface area contributed by atoms with Gasteiger partial charge in [0, 0.05) is 6.54 Å². The Morgan fingerprint density at radius 3 is 2.36 bits per heavy atom. The van der Waals surface area contributed by atoms with Crippen LogP contribution in [0.5, 0.6) is 0 Å². The average molecular weight is 304 g/mol. The summed E-state index contributed by atoms with van der Waals surface area (Å²) in [5.74, 6) is -0.555. The van der Waals surface area contributed by atoms with Gasteiger partial charge in [0.05, 0.1) is 5.56 Å². The zero-order valence-corrected chi connectivity index (χ0v) is 13.2. The molecule has 0 radical (unpaired) electrons. The summed E-state index contributed by atoms with van der Waals surface area (Å²) in [6.45, 7) is 7.15. The maximum absolute atomic E-state index is 11.7. The van der Waals surface area contributed by atoms with Gasteiger partial charge in [-0.1, -0.05) is 12.1 Å². The normalized spacial score (nSPS) is 12.0. The third kappa shape index (κ3) is 6.27. The van der Waals surface area contributed by atoms with Crippen LogP contribution >= 0.6 is 0 Å². The molecule has 1 aromatic rings. The second-order valence-corrected chi connectivity index (χ2v) is 5.73. The molecule has 0 saturated carbocycles. The maximum atomic E-state index is 11.7. The van der Waals surface area contributed by atoms with Gasteiger partial charge in [-0.05, 0) is 45.4 Å². The first kappa shape index (κ1) is 17.5. The molecule has 118 valence electrons. The van der Waals surface area contributed by atoms with E-state index in [0.717, 1.165) is 5.56 Å². The van der Waals surface area contributed by atoms with Gasteiger partial charge in [-0.25, -0.2) is 9.59 Å². The molecule has 0 aliphatic heterocycles. The van der Waals surface area contributed by atoms with E-state index in [1.165, 1.54) is 6.92 Å². The van der Waals surface area contributed by atoms with E-state index in [9.17, 15) is 9.59 Å². The first-order chi connectivity index (χ1) is 10.2. The largest absolute Gasteiger partial charge is 0.444 e. The van der Waals surface area contributed by atoms with E-state index in [0.29, 0.717) is 12.1 Å². The lowest BCUT2D eigenvalue weighted by Gasteiger charge is -2.19. The molecule has 0 aromatic heterocycles. The molecule has 0 saturated heterocycles. The van der Waals surface area contributed by atoms with E-state index < -0.39 is 23.8 Å². The number of carbonyl (C=O) groups is 2. The minimum atomic E-state index is -0.791. The first-order valence-electron chi connectivity index (χ1n) is 6.87. The molecule has 22 heavy (non-hydrogen) atoms. The summed E-state index contributed by atoms with van der Waals surface area (Å²) >= 11 is 0. The maximum Gasteiger partial charge on any atom is 0.407 e. The fraction of sp³-hybridized carbons (Fsp3) is 0.438. The van der Waals surface area contributed by atoms with Crippen LogP contribution in [-0.2, 0) is 16.0 Å². The minimum absolute atomic E-state index is 0.291. The Bertz CT molecular complexity index is 567. The zero-order valence-electron chi connectivity index (χ0n) is 13.2. The van der Waals surface area contributed by atoms with Crippen LogP contribution in [0.1, 0.15) is 43.6 Å². The molecule has 1 atom stereocenters. The van der Waals surface area contributed by atoms with Crippen LogP contribution in [0.25, 0.3) is 0 Å². The molecule has 6 heteroatoms. The summed E-state index contributed by atoms with van der Waals surface area (Å²) in [6.07, 6.45) is -1.29. The van der Waals surface area contributed by atoms with Gasteiger partial charge in [0.1, 0.15) is 11.7 Å². The summed E-state index contributed by atoms with van der Waals surface area (Å²) in [4.78, 5) is 23.2. The number of nitrogens with one attached hydrogen (secondary N) is 1. The molecule has 6 nitrogen and oxygen atoms in total. The molecular weight excluding hydrogens is 284 g/mol. The van der Waals surface area contributed by atoms with Gasteiger partial charge in [-0.15, -0.1) is 0 Å². The van der Waals surface area contributed by atoms with Crippen molar-refractivity contribution in [1.82, 2.24) is 5.32 Å². The van der Waals surface area contributed by atoms with Crippen LogP contribution in [0.3, 0.4) is 0 Å². The Morgan fingerprint density at radius 1 is 1.27 bits per heavy atom. The number of carbonyl (C=O) groups excluding carboxylic acids is 2. The van der Waals surface area contributed by atoms with Crippen LogP contribution in [0.4, 0.5) is 4.79 Å². The third-order valence-electron chi connectivity index (χ3n) is 2.49. The van der Waals surface area contributed by atoms with E-state index in [-0.39, 0.29) is 0 Å². The lowest BCUT2D eigenvalue weighted by Crippen LogP contribution is -2.32. The summed E-state index contributed by atoms with van der Waals surface area (Å²) < 4.78 is 10.0. The number of amides is 1. The molecule has 0 spiro atoms. The molecule has 0 unspecified atom stereocenters. The first-order valence-corrected chi connectivity index (χ1v) is 6.87. The fourth-order valence-corrected chi connectivity index (χ4v) is 1.50. The van der Waals surface area contributed by atoms with Crippen molar-refractivity contribution in [3.8, 4) is 6.07 Å². The molecule has 1 N–H and O–H groups in total. The van der Waals surface area contributed by atoms with Gasteiger partial charge in [-0.3, -0.25) is 0 Å². The van der Waals surface area contributed by atoms with Crippen molar-refractivity contribution < 1.29 is 19.1 Å². The second-order valence-electron chi connectivity index (χ2n) is 5.73. The molecule has 0 heterocycles. The lowest BCUT2D eigenvalue weighted by atomic mass is 10.1. The molecule has 0 aliphatic rings. The number of hydrogen-bond donors (Lipinski definition) is 1. The van der Waals surface area contributed by atoms with E-state index in [2.05, 4.69) is 5.32 Å². The van der Waals surface area contributed by atoms with Crippen LogP contribution in [-0.4, -0.2) is 23.8 Å². The van der Waals surface area contributed by atoms with Crippen molar-refractivity contribution in [1.29, 1.82) is 5.26 Å². The SMILES string of the molecule is C[C@H](C#N)OC(=O)c1ccc(CNC(=O)OC(C)(C)C)cc1. The Labute approximate surface area is 130 Å². The van der Waals surface area contributed by atoms with Gasteiger partial charge in [-0.2, -0.15) is 5.26 Å². The van der Waals surface area contributed by atoms with Gasteiger partial charge in [0.25, 0.3) is 0 Å². The van der Waals surface area contributed by atoms with Gasteiger partial charge >= 0.3 is 12.1 Å². The summed E-state index contributed by atoms with van der Waals surface area (Å²) in [7, 11) is 0. The molecular formula is C16H20N2O4. The molecule has 1 rings (SSSR count). The van der Waals surface area contributed by atoms with Crippen molar-refractivity contribution in [2.24, 2.45) is 0 Å². The number of benzene rings is 1. The molecule has 0 bridgehead atoms. The number of nitrogens with zero attached hydrogens (tertiary/aromatic N) is 1. The molecule has 0 fully saturated rings. The van der Waals surface area contributed by atoms with E-state index >= 15 is 0 Å². The molecule has 0 aliphatic carbocycles. The Kier molecular flexibility index (Phi) is 5.93. The quantitative estimate of drug-likeness (QED) is 0.864. The smallest absolute Gasteiger partial charge is 0.407 e. The lowest BCUT2D eigenvalue weighted by molar-refractivity contribution is 0.0434. The Morgan fingerprint density at radius 2 is 1.86 bits per heavy atom. The summed E-state index contributed by atoms with van der Waals surface area (Å²) in [6, 6.07) is 8.39. The second kappa shape index (κ2) is 7.46. The van der Waals surface area contributed by atoms with Crippen LogP contribution < -0.4 is 5.32 Å². The van der Waals surface area contributed by atoms with Crippen molar-refractivity contribution in [3.63, 3.8) is 0 Å². The monoisotopic (exact) mass is 304 g/mol. The number of nitriles is 1. The highest BCUT2D eigenvalue weighted by Gasteiger charge is 2.16. The Balaban J connectivity index is 2.54. The number of rotatable bonds is 4. The van der Waals surface area contributed by atoms with Crippen molar-refractivity contribution in [2.75, 3.05) is 0 Å². The van der Waals surface area contributed by atoms with Gasteiger partial charge in [0.2, 0.25) is 0 Å². The van der Waals surface area contributed by atoms with Crippen LogP contribution in [0, 0.1) is 11.3 Å². The number of ether oxygens (including phenoxy) is 2. The third-order valence-corrected chi connectivity index (χ3v) is 2.49. The minimum Gasteiger partial charge on any atom is -0.444 e. The zero-order chi connectivity index (χ0) is 16.8. The van der Waals surface area contributed by atoms with Crippen LogP contribution in [0.2, 0.25) is 0 Å². The van der Waals surface area contributed by atoms with Gasteiger partial charge in [0.15, 0.2) is 6.10 Å². The Hall–Kier alpha value is -2.55. The summed E-state index contributed by atoms with van der Waals surface area (Å²) in [5, 5.41) is 11.2. The van der Waals surface area contributed by atoms with E-state index in [1.807, 2.05) is 6.07 Å². The number of hydrogen-bond acceptors (Lipinski definition) is 5. The fourth-order valence-electron chi connectivity index (χ4n) is 1.50. The highest BCUT2D eigenvalue weighted by atomic mass is 16.6. The van der Waals surface area contributed by atoms with E-state index in [1.54, 1.807) is 45.0 Å². The highest BCUT2D eigenvalue weighted by molar-refractivity contribution is 5.89. The van der Waals surface area contributed by atoms with E-state index in [4.69, 9.17) is 14.7 Å². The standard InChI is InChI=1S/C16H20N2O4/c1-11(9-17)21-14(19)13-7-5-12(6-8-13)10-18-15(20)22-16(2,3)4/h5-8,11H,10H2,1-4H3,(H,18,20)/t11-/m1/s1. The number of alkyl carbamates (subject to hydrolysis) is 1. The predicted octanol–water partition coefficient (Wildman–Crippen LogP) is 2.78. The van der Waals surface area contributed by atoms with Crippen molar-refractivity contribution >= 4 is 12.1 Å². The number of esters is 1. The average Bonchev–Trinajstić information content (AvgIpc) is 2.43. The summed E-state index contributed by atoms with van der Waals surface area (Å²) in [5.41, 5.74) is 0.619. The molecule has 1 aromatic carbocycles. The molecule has 1 amide bonds.